The summed E-state index contributed by atoms with van der Waals surface area (Å²) in [6, 6.07) is 17.5. The lowest BCUT2D eigenvalue weighted by atomic mass is 10.0. The summed E-state index contributed by atoms with van der Waals surface area (Å²) in [5.41, 5.74) is 2.80. The van der Waals surface area contributed by atoms with E-state index in [1.54, 1.807) is 0 Å². The number of hydrogen-bond donors (Lipinski definition) is 1. The molecular formula is C17H20BrNS. The van der Waals surface area contributed by atoms with Gasteiger partial charge < -0.3 is 5.32 Å². The van der Waals surface area contributed by atoms with Crippen molar-refractivity contribution < 1.29 is 0 Å². The monoisotopic (exact) mass is 349 g/mol. The lowest BCUT2D eigenvalue weighted by molar-refractivity contribution is 0.615. The van der Waals surface area contributed by atoms with Crippen LogP contribution in [0, 0.1) is 6.92 Å². The van der Waals surface area contributed by atoms with E-state index in [4.69, 9.17) is 0 Å². The smallest absolute Gasteiger partial charge is 0.0311 e. The van der Waals surface area contributed by atoms with Crippen LogP contribution < -0.4 is 5.32 Å². The zero-order chi connectivity index (χ0) is 14.4. The summed E-state index contributed by atoms with van der Waals surface area (Å²) in [5, 5.41) is 3.43. The van der Waals surface area contributed by atoms with E-state index in [2.05, 4.69) is 76.7 Å². The first kappa shape index (κ1) is 15.6. The van der Waals surface area contributed by atoms with E-state index in [1.807, 2.05) is 18.8 Å². The SMILES string of the molecule is CNC(CSc1ccccc1Br)Cc1ccccc1C. The van der Waals surface area contributed by atoms with Crippen molar-refractivity contribution in [3.8, 4) is 0 Å². The minimum absolute atomic E-state index is 0.480. The molecule has 0 saturated heterocycles. The van der Waals surface area contributed by atoms with E-state index < -0.39 is 0 Å². The van der Waals surface area contributed by atoms with Gasteiger partial charge in [0.25, 0.3) is 0 Å². The van der Waals surface area contributed by atoms with Crippen LogP contribution in [0.15, 0.2) is 57.9 Å². The number of hydrogen-bond acceptors (Lipinski definition) is 2. The molecule has 0 radical (unpaired) electrons. The molecule has 0 fully saturated rings. The molecule has 0 aliphatic rings. The van der Waals surface area contributed by atoms with Crippen LogP contribution in [0.5, 0.6) is 0 Å². The highest BCUT2D eigenvalue weighted by molar-refractivity contribution is 9.10. The Bertz CT molecular complexity index is 556. The van der Waals surface area contributed by atoms with Gasteiger partial charge in [0.1, 0.15) is 0 Å². The first-order valence-corrected chi connectivity index (χ1v) is 8.57. The molecule has 0 aliphatic carbocycles. The first-order valence-electron chi connectivity index (χ1n) is 6.80. The molecule has 2 aromatic carbocycles. The van der Waals surface area contributed by atoms with Crippen LogP contribution in [-0.2, 0) is 6.42 Å². The Balaban J connectivity index is 1.96. The minimum atomic E-state index is 0.480. The summed E-state index contributed by atoms with van der Waals surface area (Å²) < 4.78 is 1.18. The van der Waals surface area contributed by atoms with Gasteiger partial charge in [-0.2, -0.15) is 0 Å². The van der Waals surface area contributed by atoms with E-state index in [-0.39, 0.29) is 0 Å². The lowest BCUT2D eigenvalue weighted by Crippen LogP contribution is -2.30. The molecule has 3 heteroatoms. The molecule has 0 aliphatic heterocycles. The molecule has 1 N–H and O–H groups in total. The van der Waals surface area contributed by atoms with Gasteiger partial charge >= 0.3 is 0 Å². The van der Waals surface area contributed by atoms with Crippen molar-refractivity contribution in [1.82, 2.24) is 5.32 Å². The topological polar surface area (TPSA) is 12.0 Å². The van der Waals surface area contributed by atoms with Gasteiger partial charge in [-0.1, -0.05) is 36.4 Å². The predicted octanol–water partition coefficient (Wildman–Crippen LogP) is 4.68. The second kappa shape index (κ2) is 7.87. The van der Waals surface area contributed by atoms with Crippen molar-refractivity contribution in [1.29, 1.82) is 0 Å². The van der Waals surface area contributed by atoms with E-state index in [0.717, 1.165) is 12.2 Å². The van der Waals surface area contributed by atoms with E-state index >= 15 is 0 Å². The Morgan fingerprint density at radius 2 is 1.80 bits per heavy atom. The maximum Gasteiger partial charge on any atom is 0.0311 e. The van der Waals surface area contributed by atoms with Crippen LogP contribution in [-0.4, -0.2) is 18.8 Å². The summed E-state index contributed by atoms with van der Waals surface area (Å²) in [4.78, 5) is 1.30. The highest BCUT2D eigenvalue weighted by Crippen LogP contribution is 2.28. The van der Waals surface area contributed by atoms with Gasteiger partial charge in [0.15, 0.2) is 0 Å². The average molecular weight is 350 g/mol. The molecule has 106 valence electrons. The van der Waals surface area contributed by atoms with Crippen molar-refractivity contribution in [3.05, 3.63) is 64.1 Å². The Hall–Kier alpha value is -0.770. The van der Waals surface area contributed by atoms with Gasteiger partial charge in [-0.05, 0) is 59.6 Å². The molecular weight excluding hydrogens is 330 g/mol. The lowest BCUT2D eigenvalue weighted by Gasteiger charge is -2.17. The molecule has 0 bridgehead atoms. The maximum atomic E-state index is 3.61. The van der Waals surface area contributed by atoms with Gasteiger partial charge in [0, 0.05) is 21.2 Å². The fraction of sp³-hybridized carbons (Fsp3) is 0.294. The molecule has 2 aromatic rings. The van der Waals surface area contributed by atoms with Crippen LogP contribution in [0.1, 0.15) is 11.1 Å². The summed E-state index contributed by atoms with van der Waals surface area (Å²) in [5.74, 6) is 1.06. The van der Waals surface area contributed by atoms with Gasteiger partial charge in [-0.3, -0.25) is 0 Å². The second-order valence-corrected chi connectivity index (χ2v) is 6.77. The normalized spacial score (nSPS) is 12.3. The van der Waals surface area contributed by atoms with Gasteiger partial charge in [-0.15, -0.1) is 11.8 Å². The Morgan fingerprint density at radius 3 is 2.50 bits per heavy atom. The van der Waals surface area contributed by atoms with Gasteiger partial charge in [0.2, 0.25) is 0 Å². The van der Waals surface area contributed by atoms with Crippen molar-refractivity contribution >= 4 is 27.7 Å². The van der Waals surface area contributed by atoms with Crippen LogP contribution >= 0.6 is 27.7 Å². The summed E-state index contributed by atoms with van der Waals surface area (Å²) >= 11 is 5.50. The summed E-state index contributed by atoms with van der Waals surface area (Å²) in [6.07, 6.45) is 1.07. The Kier molecular flexibility index (Phi) is 6.14. The van der Waals surface area contributed by atoms with Gasteiger partial charge in [0.05, 0.1) is 0 Å². The molecule has 0 aromatic heterocycles. The summed E-state index contributed by atoms with van der Waals surface area (Å²) in [6.45, 7) is 2.18. The van der Waals surface area contributed by atoms with Crippen molar-refractivity contribution in [2.24, 2.45) is 0 Å². The highest BCUT2D eigenvalue weighted by Gasteiger charge is 2.10. The fourth-order valence-electron chi connectivity index (χ4n) is 2.10. The molecule has 2 rings (SSSR count). The third-order valence-electron chi connectivity index (χ3n) is 3.41. The number of halogens is 1. The number of rotatable bonds is 6. The number of nitrogens with one attached hydrogen (secondary N) is 1. The minimum Gasteiger partial charge on any atom is -0.316 e. The molecule has 0 amide bonds. The highest BCUT2D eigenvalue weighted by atomic mass is 79.9. The predicted molar refractivity (Wildman–Crippen MR) is 92.6 cm³/mol. The third-order valence-corrected chi connectivity index (χ3v) is 5.60. The fourth-order valence-corrected chi connectivity index (χ4v) is 3.78. The summed E-state index contributed by atoms with van der Waals surface area (Å²) in [7, 11) is 2.05. The maximum absolute atomic E-state index is 3.61. The number of aryl methyl sites for hydroxylation is 1. The van der Waals surface area contributed by atoms with Crippen LogP contribution in [0.4, 0.5) is 0 Å². The largest absolute Gasteiger partial charge is 0.316 e. The molecule has 1 atom stereocenters. The van der Waals surface area contributed by atoms with Crippen molar-refractivity contribution in [2.75, 3.05) is 12.8 Å². The Morgan fingerprint density at radius 1 is 1.10 bits per heavy atom. The molecule has 1 unspecified atom stereocenters. The molecule has 0 spiro atoms. The van der Waals surface area contributed by atoms with Crippen LogP contribution in [0.25, 0.3) is 0 Å². The first-order chi connectivity index (χ1) is 9.70. The quantitative estimate of drug-likeness (QED) is 0.759. The van der Waals surface area contributed by atoms with Crippen LogP contribution in [0.3, 0.4) is 0 Å². The third kappa shape index (κ3) is 4.37. The van der Waals surface area contributed by atoms with Gasteiger partial charge in [-0.25, -0.2) is 0 Å². The number of thioether (sulfide) groups is 1. The molecule has 20 heavy (non-hydrogen) atoms. The van der Waals surface area contributed by atoms with Crippen LogP contribution in [0.2, 0.25) is 0 Å². The van der Waals surface area contributed by atoms with Crippen molar-refractivity contribution in [3.63, 3.8) is 0 Å². The number of likely N-dealkylation sites (N-methyl/N-ethyl adjacent to an activating group) is 1. The standard InChI is InChI=1S/C17H20BrNS/c1-13-7-3-4-8-14(13)11-15(19-2)12-20-17-10-6-5-9-16(17)18/h3-10,15,19H,11-12H2,1-2H3. The van der Waals surface area contributed by atoms with E-state index in [0.29, 0.717) is 6.04 Å². The zero-order valence-corrected chi connectivity index (χ0v) is 14.3. The second-order valence-electron chi connectivity index (χ2n) is 4.86. The average Bonchev–Trinajstić information content (AvgIpc) is 2.47. The van der Waals surface area contributed by atoms with E-state index in [9.17, 15) is 0 Å². The van der Waals surface area contributed by atoms with Crippen molar-refractivity contribution in [2.45, 2.75) is 24.3 Å². The molecule has 0 saturated carbocycles. The molecule has 1 nitrogen and oxygen atoms in total. The van der Waals surface area contributed by atoms with E-state index in [1.165, 1.54) is 20.5 Å². The zero-order valence-electron chi connectivity index (χ0n) is 11.9. The number of benzene rings is 2. The Labute approximate surface area is 134 Å². The molecule has 0 heterocycles.